The van der Waals surface area contributed by atoms with E-state index in [4.69, 9.17) is 5.10 Å². The molecule has 0 unspecified atom stereocenters. The topological polar surface area (TPSA) is 103 Å². The van der Waals surface area contributed by atoms with Crippen LogP contribution in [-0.2, 0) is 16.8 Å². The van der Waals surface area contributed by atoms with Crippen LogP contribution in [0, 0.1) is 5.82 Å². The van der Waals surface area contributed by atoms with E-state index in [-0.39, 0.29) is 35.6 Å². The number of halogens is 1. The Bertz CT molecular complexity index is 1490. The highest BCUT2D eigenvalue weighted by Gasteiger charge is 2.44. The molecule has 0 bridgehead atoms. The quantitative estimate of drug-likeness (QED) is 0.276. The van der Waals surface area contributed by atoms with Gasteiger partial charge in [-0.05, 0) is 38.5 Å². The summed E-state index contributed by atoms with van der Waals surface area (Å²) in [5, 5.41) is 8.18. The molecule has 0 fully saturated rings. The van der Waals surface area contributed by atoms with Crippen LogP contribution in [0.15, 0.2) is 42.6 Å². The van der Waals surface area contributed by atoms with E-state index in [1.807, 2.05) is 6.07 Å². The molecule has 0 spiro atoms. The minimum Gasteiger partial charge on any atom is -0.310 e. The standard InChI is InChI=1S/C27H27FN6O2/c1-4-5-6-13-19(35)22-20-23(32-26(36)27(20,2)3)31-24(30-22)21-17-11-9-14-29-25(17)34(33-21)15-16-10-7-8-12-18(16)28/h7-12,14H,4-6,13,15H2,1-3H3,(H,30,31,32,36). The first kappa shape index (κ1) is 23.7. The molecule has 1 N–H and O–H groups in total. The second-order valence-electron chi connectivity index (χ2n) is 9.55. The number of anilines is 1. The van der Waals surface area contributed by atoms with Gasteiger partial charge in [-0.2, -0.15) is 5.10 Å². The molecule has 0 radical (unpaired) electrons. The van der Waals surface area contributed by atoms with Crippen molar-refractivity contribution in [3.8, 4) is 11.5 Å². The number of fused-ring (bicyclic) bond motifs is 2. The second-order valence-corrected chi connectivity index (χ2v) is 9.55. The summed E-state index contributed by atoms with van der Waals surface area (Å²) in [6, 6.07) is 10.1. The van der Waals surface area contributed by atoms with Crippen molar-refractivity contribution in [1.82, 2.24) is 24.7 Å². The van der Waals surface area contributed by atoms with E-state index in [1.165, 1.54) is 6.07 Å². The van der Waals surface area contributed by atoms with Crippen LogP contribution in [0.2, 0.25) is 0 Å². The van der Waals surface area contributed by atoms with Gasteiger partial charge in [0.15, 0.2) is 17.3 Å². The number of carbonyl (C=O) groups excluding carboxylic acids is 2. The zero-order valence-electron chi connectivity index (χ0n) is 20.5. The normalized spacial score (nSPS) is 14.2. The molecule has 4 heterocycles. The molecule has 0 saturated carbocycles. The highest BCUT2D eigenvalue weighted by atomic mass is 19.1. The molecule has 4 aromatic rings. The number of rotatable bonds is 8. The number of unbranched alkanes of at least 4 members (excludes halogenated alkanes) is 2. The Morgan fingerprint density at radius 3 is 2.69 bits per heavy atom. The first-order valence-corrected chi connectivity index (χ1v) is 12.1. The summed E-state index contributed by atoms with van der Waals surface area (Å²) in [6.45, 7) is 5.77. The molecule has 0 saturated heterocycles. The van der Waals surface area contributed by atoms with Crippen LogP contribution >= 0.6 is 0 Å². The van der Waals surface area contributed by atoms with Gasteiger partial charge in [0.1, 0.15) is 23.0 Å². The third-order valence-corrected chi connectivity index (χ3v) is 6.60. The molecular weight excluding hydrogens is 459 g/mol. The molecule has 0 aliphatic carbocycles. The number of hydrogen-bond donors (Lipinski definition) is 1. The highest BCUT2D eigenvalue weighted by molar-refractivity contribution is 6.09. The van der Waals surface area contributed by atoms with Crippen molar-refractivity contribution >= 4 is 28.5 Å². The minimum absolute atomic E-state index is 0.124. The molecule has 184 valence electrons. The first-order valence-electron chi connectivity index (χ1n) is 12.1. The van der Waals surface area contributed by atoms with Crippen molar-refractivity contribution in [3.05, 3.63) is 65.2 Å². The third kappa shape index (κ3) is 4.04. The Morgan fingerprint density at radius 1 is 1.11 bits per heavy atom. The summed E-state index contributed by atoms with van der Waals surface area (Å²) in [7, 11) is 0. The number of hydrogen-bond acceptors (Lipinski definition) is 6. The summed E-state index contributed by atoms with van der Waals surface area (Å²) in [6.07, 6.45) is 4.65. The number of amides is 1. The molecule has 1 amide bonds. The van der Waals surface area contributed by atoms with Crippen molar-refractivity contribution in [1.29, 1.82) is 0 Å². The number of benzene rings is 1. The van der Waals surface area contributed by atoms with Crippen molar-refractivity contribution in [2.45, 2.75) is 58.4 Å². The lowest BCUT2D eigenvalue weighted by atomic mass is 9.84. The number of ketones is 1. The number of carbonyl (C=O) groups is 2. The minimum atomic E-state index is -0.933. The second kappa shape index (κ2) is 9.22. The van der Waals surface area contributed by atoms with Crippen molar-refractivity contribution in [2.24, 2.45) is 0 Å². The Balaban J connectivity index is 1.65. The highest BCUT2D eigenvalue weighted by Crippen LogP contribution is 2.40. The number of aromatic nitrogens is 5. The average molecular weight is 487 g/mol. The van der Waals surface area contributed by atoms with Gasteiger partial charge in [-0.1, -0.05) is 38.0 Å². The van der Waals surface area contributed by atoms with E-state index in [2.05, 4.69) is 27.2 Å². The molecule has 1 aliphatic heterocycles. The van der Waals surface area contributed by atoms with Crippen LogP contribution in [0.1, 0.15) is 68.1 Å². The fourth-order valence-corrected chi connectivity index (χ4v) is 4.55. The third-order valence-electron chi connectivity index (χ3n) is 6.60. The fraction of sp³-hybridized carbons (Fsp3) is 0.333. The van der Waals surface area contributed by atoms with E-state index in [1.54, 1.807) is 49.0 Å². The number of nitrogens with zero attached hydrogens (tertiary/aromatic N) is 5. The smallest absolute Gasteiger partial charge is 0.235 e. The van der Waals surface area contributed by atoms with Crippen LogP contribution in [0.4, 0.5) is 10.2 Å². The van der Waals surface area contributed by atoms with Gasteiger partial charge in [0.05, 0.1) is 17.3 Å². The largest absolute Gasteiger partial charge is 0.310 e. The van der Waals surface area contributed by atoms with E-state index in [0.717, 1.165) is 19.3 Å². The van der Waals surface area contributed by atoms with Gasteiger partial charge in [0.2, 0.25) is 5.91 Å². The van der Waals surface area contributed by atoms with Gasteiger partial charge in [0.25, 0.3) is 0 Å². The monoisotopic (exact) mass is 486 g/mol. The summed E-state index contributed by atoms with van der Waals surface area (Å²) in [4.78, 5) is 39.8. The summed E-state index contributed by atoms with van der Waals surface area (Å²) in [5.74, 6) is -0.146. The van der Waals surface area contributed by atoms with Crippen molar-refractivity contribution in [2.75, 3.05) is 5.32 Å². The Hall–Kier alpha value is -4.01. The van der Waals surface area contributed by atoms with E-state index < -0.39 is 5.41 Å². The molecule has 9 heteroatoms. The Labute approximate surface area is 208 Å². The van der Waals surface area contributed by atoms with Crippen molar-refractivity contribution in [3.63, 3.8) is 0 Å². The predicted molar refractivity (Wildman–Crippen MR) is 134 cm³/mol. The number of pyridine rings is 1. The van der Waals surface area contributed by atoms with Gasteiger partial charge >= 0.3 is 0 Å². The number of Topliss-reactive ketones (excluding diaryl/α,β-unsaturated/α-hetero) is 1. The Morgan fingerprint density at radius 2 is 1.92 bits per heavy atom. The lowest BCUT2D eigenvalue weighted by Crippen LogP contribution is -2.28. The molecule has 8 nitrogen and oxygen atoms in total. The van der Waals surface area contributed by atoms with Crippen molar-refractivity contribution < 1.29 is 14.0 Å². The SMILES string of the molecule is CCCCCC(=O)c1nc(-c2nn(Cc3ccccc3F)c3ncccc23)nc2c1C(C)(C)C(=O)N2. The molecule has 3 aromatic heterocycles. The molecule has 36 heavy (non-hydrogen) atoms. The average Bonchev–Trinajstić information content (AvgIpc) is 3.34. The van der Waals surface area contributed by atoms with Gasteiger partial charge in [-0.15, -0.1) is 0 Å². The molecule has 1 aliphatic rings. The van der Waals surface area contributed by atoms with Gasteiger partial charge < -0.3 is 5.32 Å². The van der Waals surface area contributed by atoms with Crippen LogP contribution in [0.3, 0.4) is 0 Å². The van der Waals surface area contributed by atoms with Gasteiger partial charge in [-0.3, -0.25) is 9.59 Å². The number of nitrogens with one attached hydrogen (secondary N) is 1. The lowest BCUT2D eigenvalue weighted by Gasteiger charge is -2.17. The maximum atomic E-state index is 14.4. The molecular formula is C27H27FN6O2. The van der Waals surface area contributed by atoms with E-state index in [0.29, 0.717) is 40.1 Å². The van der Waals surface area contributed by atoms with Crippen LogP contribution < -0.4 is 5.32 Å². The maximum absolute atomic E-state index is 14.4. The summed E-state index contributed by atoms with van der Waals surface area (Å²) in [5.41, 5.74) is 1.26. The van der Waals surface area contributed by atoms with Gasteiger partial charge in [-0.25, -0.2) is 24.0 Å². The maximum Gasteiger partial charge on any atom is 0.235 e. The van der Waals surface area contributed by atoms with E-state index >= 15 is 0 Å². The van der Waals surface area contributed by atoms with Crippen LogP contribution in [0.5, 0.6) is 0 Å². The zero-order valence-corrected chi connectivity index (χ0v) is 20.5. The Kier molecular flexibility index (Phi) is 6.07. The summed E-state index contributed by atoms with van der Waals surface area (Å²) >= 11 is 0. The van der Waals surface area contributed by atoms with E-state index in [9.17, 15) is 14.0 Å². The first-order chi connectivity index (χ1) is 17.3. The van der Waals surface area contributed by atoms with Gasteiger partial charge in [0, 0.05) is 23.7 Å². The van der Waals surface area contributed by atoms with Crippen LogP contribution in [0.25, 0.3) is 22.6 Å². The molecule has 5 rings (SSSR count). The predicted octanol–water partition coefficient (Wildman–Crippen LogP) is 5.07. The lowest BCUT2D eigenvalue weighted by molar-refractivity contribution is -0.119. The molecule has 1 aromatic carbocycles. The summed E-state index contributed by atoms with van der Waals surface area (Å²) < 4.78 is 16.0. The molecule has 0 atom stereocenters. The fourth-order valence-electron chi connectivity index (χ4n) is 4.55. The zero-order chi connectivity index (χ0) is 25.4. The van der Waals surface area contributed by atoms with Crippen LogP contribution in [-0.4, -0.2) is 36.4 Å².